The van der Waals surface area contributed by atoms with E-state index >= 15 is 0 Å². The molecule has 2 heterocycles. The number of aryl methyl sites for hydroxylation is 1. The maximum Gasteiger partial charge on any atom is 0.0900 e. The topological polar surface area (TPSA) is 30.7 Å². The molecule has 0 spiro atoms. The van der Waals surface area contributed by atoms with Gasteiger partial charge in [0.15, 0.2) is 0 Å². The molecule has 0 saturated heterocycles. The van der Waals surface area contributed by atoms with Crippen molar-refractivity contribution in [3.63, 3.8) is 0 Å². The molecular formula is C17H23N3. The van der Waals surface area contributed by atoms with E-state index in [1.807, 2.05) is 24.0 Å². The minimum Gasteiger partial charge on any atom is -0.266 e. The number of rotatable bonds is 2. The molecule has 2 aromatic rings. The van der Waals surface area contributed by atoms with Crippen LogP contribution in [0.1, 0.15) is 56.7 Å². The van der Waals surface area contributed by atoms with E-state index in [0.717, 1.165) is 5.69 Å². The first-order valence-electron chi connectivity index (χ1n) is 7.57. The zero-order valence-electron chi connectivity index (χ0n) is 12.8. The van der Waals surface area contributed by atoms with Crippen molar-refractivity contribution in [1.82, 2.24) is 14.8 Å². The van der Waals surface area contributed by atoms with Gasteiger partial charge in [0.05, 0.1) is 17.1 Å². The molecule has 20 heavy (non-hydrogen) atoms. The highest BCUT2D eigenvalue weighted by atomic mass is 15.3. The van der Waals surface area contributed by atoms with Gasteiger partial charge in [-0.05, 0) is 36.8 Å². The molecule has 3 nitrogen and oxygen atoms in total. The van der Waals surface area contributed by atoms with Gasteiger partial charge < -0.3 is 0 Å². The molecule has 0 saturated carbocycles. The Kier molecular flexibility index (Phi) is 3.36. The summed E-state index contributed by atoms with van der Waals surface area (Å²) in [4.78, 5) is 4.53. The quantitative estimate of drug-likeness (QED) is 0.821. The fourth-order valence-electron chi connectivity index (χ4n) is 3.49. The van der Waals surface area contributed by atoms with E-state index < -0.39 is 0 Å². The van der Waals surface area contributed by atoms with Crippen LogP contribution in [0.5, 0.6) is 0 Å². The van der Waals surface area contributed by atoms with Crippen LogP contribution in [0.15, 0.2) is 24.4 Å². The molecule has 0 bridgehead atoms. The molecule has 2 aromatic heterocycles. The van der Waals surface area contributed by atoms with Crippen LogP contribution in [0, 0.1) is 5.92 Å². The molecular weight excluding hydrogens is 246 g/mol. The molecule has 0 amide bonds. The van der Waals surface area contributed by atoms with Crippen molar-refractivity contribution in [3.05, 3.63) is 35.7 Å². The van der Waals surface area contributed by atoms with Crippen LogP contribution in [-0.4, -0.2) is 14.8 Å². The maximum atomic E-state index is 4.86. The molecule has 2 atom stereocenters. The lowest BCUT2D eigenvalue weighted by Crippen LogP contribution is -2.16. The van der Waals surface area contributed by atoms with Crippen LogP contribution in [0.25, 0.3) is 11.4 Å². The van der Waals surface area contributed by atoms with Gasteiger partial charge >= 0.3 is 0 Å². The summed E-state index contributed by atoms with van der Waals surface area (Å²) in [6.07, 6.45) is 4.37. The van der Waals surface area contributed by atoms with Crippen LogP contribution in [0.2, 0.25) is 0 Å². The number of hydrogen-bond acceptors (Lipinski definition) is 2. The summed E-state index contributed by atoms with van der Waals surface area (Å²) in [5, 5.41) is 4.86. The monoisotopic (exact) mass is 269 g/mol. The third kappa shape index (κ3) is 2.05. The van der Waals surface area contributed by atoms with Gasteiger partial charge in [0, 0.05) is 24.7 Å². The van der Waals surface area contributed by atoms with E-state index in [1.165, 1.54) is 29.8 Å². The largest absolute Gasteiger partial charge is 0.266 e. The van der Waals surface area contributed by atoms with Gasteiger partial charge in [-0.3, -0.25) is 9.67 Å². The zero-order valence-corrected chi connectivity index (χ0v) is 12.8. The highest BCUT2D eigenvalue weighted by Crippen LogP contribution is 2.45. The van der Waals surface area contributed by atoms with Gasteiger partial charge in [0.2, 0.25) is 0 Å². The Morgan fingerprint density at radius 1 is 1.25 bits per heavy atom. The first-order valence-corrected chi connectivity index (χ1v) is 7.57. The maximum absolute atomic E-state index is 4.86. The average molecular weight is 269 g/mol. The van der Waals surface area contributed by atoms with Crippen molar-refractivity contribution in [2.75, 3.05) is 0 Å². The van der Waals surface area contributed by atoms with Gasteiger partial charge in [0.1, 0.15) is 0 Å². The van der Waals surface area contributed by atoms with E-state index in [0.29, 0.717) is 17.8 Å². The summed E-state index contributed by atoms with van der Waals surface area (Å²) in [6, 6.07) is 6.10. The molecule has 3 heteroatoms. The third-order valence-electron chi connectivity index (χ3n) is 4.58. The second-order valence-corrected chi connectivity index (χ2v) is 6.32. The fourth-order valence-corrected chi connectivity index (χ4v) is 3.49. The number of aromatic nitrogens is 3. The SMILES string of the molecule is CC(C)[C@@H]1CC[C@@H](C)c2c1nn(C)c2-c1ccccn1. The molecule has 1 aliphatic carbocycles. The summed E-state index contributed by atoms with van der Waals surface area (Å²) < 4.78 is 2.03. The fraction of sp³-hybridized carbons (Fsp3) is 0.529. The third-order valence-corrected chi connectivity index (χ3v) is 4.58. The minimum absolute atomic E-state index is 0.575. The van der Waals surface area contributed by atoms with Crippen LogP contribution in [0.4, 0.5) is 0 Å². The molecule has 0 aromatic carbocycles. The zero-order chi connectivity index (χ0) is 14.3. The Morgan fingerprint density at radius 3 is 2.70 bits per heavy atom. The minimum atomic E-state index is 0.575. The van der Waals surface area contributed by atoms with E-state index in [2.05, 4.69) is 37.9 Å². The van der Waals surface area contributed by atoms with Gasteiger partial charge in [-0.1, -0.05) is 26.8 Å². The Balaban J connectivity index is 2.18. The van der Waals surface area contributed by atoms with Gasteiger partial charge in [-0.2, -0.15) is 5.10 Å². The predicted molar refractivity (Wildman–Crippen MR) is 81.7 cm³/mol. The summed E-state index contributed by atoms with van der Waals surface area (Å²) in [7, 11) is 2.05. The van der Waals surface area contributed by atoms with Crippen LogP contribution in [-0.2, 0) is 7.05 Å². The lowest BCUT2D eigenvalue weighted by molar-refractivity contribution is 0.401. The van der Waals surface area contributed by atoms with Gasteiger partial charge in [-0.25, -0.2) is 0 Å². The lowest BCUT2D eigenvalue weighted by Gasteiger charge is -2.28. The molecule has 0 unspecified atom stereocenters. The summed E-state index contributed by atoms with van der Waals surface area (Å²) in [5.74, 6) is 1.81. The Bertz CT molecular complexity index is 598. The average Bonchev–Trinajstić information content (AvgIpc) is 2.77. The molecule has 0 N–H and O–H groups in total. The molecule has 0 fully saturated rings. The first-order chi connectivity index (χ1) is 9.59. The molecule has 1 aliphatic rings. The van der Waals surface area contributed by atoms with Crippen molar-refractivity contribution in [2.24, 2.45) is 13.0 Å². The highest BCUT2D eigenvalue weighted by Gasteiger charge is 2.33. The van der Waals surface area contributed by atoms with Crippen LogP contribution in [0.3, 0.4) is 0 Å². The van der Waals surface area contributed by atoms with Crippen molar-refractivity contribution < 1.29 is 0 Å². The normalized spacial score (nSPS) is 22.1. The van der Waals surface area contributed by atoms with E-state index in [4.69, 9.17) is 5.10 Å². The smallest absolute Gasteiger partial charge is 0.0900 e. The number of fused-ring (bicyclic) bond motifs is 1. The summed E-state index contributed by atoms with van der Waals surface area (Å²) in [5.41, 5.74) is 4.98. The van der Waals surface area contributed by atoms with Crippen molar-refractivity contribution in [2.45, 2.75) is 45.4 Å². The highest BCUT2D eigenvalue weighted by molar-refractivity contribution is 5.62. The Morgan fingerprint density at radius 2 is 2.05 bits per heavy atom. The summed E-state index contributed by atoms with van der Waals surface area (Å²) in [6.45, 7) is 6.93. The van der Waals surface area contributed by atoms with Gasteiger partial charge in [-0.15, -0.1) is 0 Å². The second-order valence-electron chi connectivity index (χ2n) is 6.32. The number of hydrogen-bond donors (Lipinski definition) is 0. The molecule has 106 valence electrons. The van der Waals surface area contributed by atoms with Crippen molar-refractivity contribution in [3.8, 4) is 11.4 Å². The Hall–Kier alpha value is -1.64. The predicted octanol–water partition coefficient (Wildman–Crippen LogP) is 4.12. The van der Waals surface area contributed by atoms with E-state index in [1.54, 1.807) is 0 Å². The summed E-state index contributed by atoms with van der Waals surface area (Å²) >= 11 is 0. The Labute approximate surface area is 121 Å². The molecule has 3 rings (SSSR count). The molecule has 0 radical (unpaired) electrons. The lowest BCUT2D eigenvalue weighted by atomic mass is 9.75. The van der Waals surface area contributed by atoms with E-state index in [-0.39, 0.29) is 0 Å². The second kappa shape index (κ2) is 5.04. The van der Waals surface area contributed by atoms with Crippen LogP contribution < -0.4 is 0 Å². The number of pyridine rings is 1. The van der Waals surface area contributed by atoms with Gasteiger partial charge in [0.25, 0.3) is 0 Å². The first kappa shape index (κ1) is 13.3. The molecule has 0 aliphatic heterocycles. The number of nitrogens with zero attached hydrogens (tertiary/aromatic N) is 3. The van der Waals surface area contributed by atoms with Crippen molar-refractivity contribution >= 4 is 0 Å². The standard InChI is InChI=1S/C17H23N3/c1-11(2)13-9-8-12(3)15-16(13)19-20(4)17(15)14-7-5-6-10-18-14/h5-7,10-13H,8-9H2,1-4H3/t12-,13+/m1/s1. The van der Waals surface area contributed by atoms with Crippen LogP contribution >= 0.6 is 0 Å². The van der Waals surface area contributed by atoms with E-state index in [9.17, 15) is 0 Å². The van der Waals surface area contributed by atoms with Crippen molar-refractivity contribution in [1.29, 1.82) is 0 Å².